The second-order valence-corrected chi connectivity index (χ2v) is 7.47. The Morgan fingerprint density at radius 3 is 2.68 bits per heavy atom. The Hall–Kier alpha value is -1.76. The Balaban J connectivity index is 2.29. The van der Waals surface area contributed by atoms with E-state index in [0.717, 1.165) is 30.3 Å². The van der Waals surface area contributed by atoms with Crippen LogP contribution in [0.5, 0.6) is 0 Å². The molecule has 0 unspecified atom stereocenters. The first-order valence-corrected chi connectivity index (χ1v) is 9.03. The van der Waals surface area contributed by atoms with Gasteiger partial charge in [-0.1, -0.05) is 30.3 Å². The molecule has 0 saturated heterocycles. The highest BCUT2D eigenvalue weighted by atomic mass is 32.1. The highest BCUT2D eigenvalue weighted by Crippen LogP contribution is 2.33. The van der Waals surface area contributed by atoms with Gasteiger partial charge >= 0.3 is 0 Å². The van der Waals surface area contributed by atoms with E-state index in [4.69, 9.17) is 12.2 Å². The number of hydrogen-bond donors (Lipinski definition) is 0. The van der Waals surface area contributed by atoms with Gasteiger partial charge in [-0.3, -0.25) is 13.8 Å². The lowest BCUT2D eigenvalue weighted by Crippen LogP contribution is -2.21. The summed E-state index contributed by atoms with van der Waals surface area (Å²) in [4.78, 5) is 13.8. The molecular weight excluding hydrogens is 332 g/mol. The molecule has 0 saturated carbocycles. The average molecular weight is 344 g/mol. The van der Waals surface area contributed by atoms with E-state index in [-0.39, 0.29) is 5.56 Å². The van der Waals surface area contributed by atoms with Gasteiger partial charge in [0.15, 0.2) is 3.95 Å². The Labute approximate surface area is 139 Å². The van der Waals surface area contributed by atoms with Crippen molar-refractivity contribution in [2.45, 2.75) is 13.5 Å². The third-order valence-corrected chi connectivity index (χ3v) is 6.02. The van der Waals surface area contributed by atoms with Crippen molar-refractivity contribution < 1.29 is 0 Å². The summed E-state index contributed by atoms with van der Waals surface area (Å²) in [6.45, 7) is 2.62. The van der Waals surface area contributed by atoms with Gasteiger partial charge in [0.1, 0.15) is 10.3 Å². The van der Waals surface area contributed by atoms with Gasteiger partial charge in [-0.25, -0.2) is 0 Å². The van der Waals surface area contributed by atoms with Crippen molar-refractivity contribution in [3.8, 4) is 10.4 Å². The molecule has 0 bridgehead atoms. The van der Waals surface area contributed by atoms with Gasteiger partial charge < -0.3 is 0 Å². The second kappa shape index (κ2) is 5.15. The highest BCUT2D eigenvalue weighted by Gasteiger charge is 2.17. The molecule has 3 aromatic heterocycles. The van der Waals surface area contributed by atoms with Crippen molar-refractivity contribution in [3.05, 3.63) is 56.1 Å². The molecule has 0 aliphatic heterocycles. The van der Waals surface area contributed by atoms with Crippen LogP contribution in [0.15, 0.2) is 46.6 Å². The zero-order valence-electron chi connectivity index (χ0n) is 11.8. The maximum absolute atomic E-state index is 12.8. The maximum Gasteiger partial charge on any atom is 0.271 e. The fourth-order valence-corrected chi connectivity index (χ4v) is 5.01. The molecule has 0 aliphatic carbocycles. The zero-order chi connectivity index (χ0) is 15.3. The van der Waals surface area contributed by atoms with Crippen molar-refractivity contribution in [2.24, 2.45) is 0 Å². The van der Waals surface area contributed by atoms with Crippen LogP contribution in [-0.4, -0.2) is 8.97 Å². The zero-order valence-corrected chi connectivity index (χ0v) is 14.2. The molecule has 22 heavy (non-hydrogen) atoms. The molecule has 4 rings (SSSR count). The summed E-state index contributed by atoms with van der Waals surface area (Å²) >= 11 is 8.63. The summed E-state index contributed by atoms with van der Waals surface area (Å²) in [6.07, 6.45) is 0. The molecule has 0 aliphatic rings. The summed E-state index contributed by atoms with van der Waals surface area (Å²) in [7, 11) is 0. The molecule has 0 spiro atoms. The molecule has 6 heteroatoms. The van der Waals surface area contributed by atoms with Crippen LogP contribution in [0.4, 0.5) is 0 Å². The summed E-state index contributed by atoms with van der Waals surface area (Å²) < 4.78 is 5.41. The molecule has 110 valence electrons. The molecular formula is C16H12N2OS3. The predicted molar refractivity (Wildman–Crippen MR) is 96.9 cm³/mol. The quantitative estimate of drug-likeness (QED) is 0.489. The number of nitrogens with zero attached hydrogens (tertiary/aromatic N) is 2. The van der Waals surface area contributed by atoms with E-state index >= 15 is 0 Å². The largest absolute Gasteiger partial charge is 0.292 e. The second-order valence-electron chi connectivity index (χ2n) is 4.91. The monoisotopic (exact) mass is 344 g/mol. The SMILES string of the molecule is CCn1c(=O)c2sccc2n2c(=S)sc(-c3ccccc3)c12. The molecule has 0 amide bonds. The van der Waals surface area contributed by atoms with Gasteiger partial charge in [-0.05, 0) is 36.2 Å². The third-order valence-electron chi connectivity index (χ3n) is 3.72. The number of thiophene rings is 1. The van der Waals surface area contributed by atoms with E-state index in [1.807, 2.05) is 45.5 Å². The van der Waals surface area contributed by atoms with Crippen LogP contribution in [0.25, 0.3) is 26.3 Å². The number of aryl methyl sites for hydroxylation is 1. The van der Waals surface area contributed by atoms with E-state index in [9.17, 15) is 4.79 Å². The number of fused-ring (bicyclic) bond motifs is 3. The van der Waals surface area contributed by atoms with Gasteiger partial charge in [-0.2, -0.15) is 0 Å². The third kappa shape index (κ3) is 1.84. The molecule has 0 atom stereocenters. The van der Waals surface area contributed by atoms with E-state index in [2.05, 4.69) is 12.1 Å². The van der Waals surface area contributed by atoms with Crippen LogP contribution in [0.1, 0.15) is 6.92 Å². The van der Waals surface area contributed by atoms with E-state index in [1.165, 1.54) is 11.3 Å². The van der Waals surface area contributed by atoms with Crippen LogP contribution < -0.4 is 5.56 Å². The number of thiazole rings is 1. The number of hydrogen-bond acceptors (Lipinski definition) is 4. The average Bonchev–Trinajstić information content (AvgIpc) is 3.14. The highest BCUT2D eigenvalue weighted by molar-refractivity contribution is 7.73. The van der Waals surface area contributed by atoms with Crippen LogP contribution >= 0.6 is 34.9 Å². The van der Waals surface area contributed by atoms with Gasteiger partial charge in [0.2, 0.25) is 0 Å². The molecule has 0 N–H and O–H groups in total. The standard InChI is InChI=1S/C16H12N2OS3/c1-2-17-14-12(10-6-4-3-5-7-10)22-16(20)18(14)11-8-9-21-13(11)15(17)19/h3-9H,2H2,1H3. The molecule has 4 aromatic rings. The number of benzene rings is 1. The Morgan fingerprint density at radius 2 is 1.95 bits per heavy atom. The molecule has 3 nitrogen and oxygen atoms in total. The van der Waals surface area contributed by atoms with E-state index in [1.54, 1.807) is 11.3 Å². The maximum atomic E-state index is 12.8. The Kier molecular flexibility index (Phi) is 3.25. The van der Waals surface area contributed by atoms with E-state index < -0.39 is 0 Å². The minimum absolute atomic E-state index is 0.0671. The van der Waals surface area contributed by atoms with Crippen LogP contribution in [-0.2, 0) is 6.54 Å². The number of aromatic nitrogens is 2. The van der Waals surface area contributed by atoms with Gasteiger partial charge in [0.25, 0.3) is 5.56 Å². The normalized spacial score (nSPS) is 11.5. The molecule has 0 radical (unpaired) electrons. The summed E-state index contributed by atoms with van der Waals surface area (Å²) in [5, 5.41) is 1.95. The summed E-state index contributed by atoms with van der Waals surface area (Å²) in [5.41, 5.74) is 2.98. The molecule has 0 fully saturated rings. The van der Waals surface area contributed by atoms with Gasteiger partial charge in [-0.15, -0.1) is 22.7 Å². The van der Waals surface area contributed by atoms with Crippen LogP contribution in [0.3, 0.4) is 0 Å². The van der Waals surface area contributed by atoms with Crippen molar-refractivity contribution in [3.63, 3.8) is 0 Å². The first-order chi connectivity index (χ1) is 10.7. The number of rotatable bonds is 2. The fraction of sp³-hybridized carbons (Fsp3) is 0.125. The predicted octanol–water partition coefficient (Wildman–Crippen LogP) is 4.79. The summed E-state index contributed by atoms with van der Waals surface area (Å²) in [5.74, 6) is 0. The van der Waals surface area contributed by atoms with Crippen molar-refractivity contribution in [1.82, 2.24) is 8.97 Å². The molecule has 3 heterocycles. The summed E-state index contributed by atoms with van der Waals surface area (Å²) in [6, 6.07) is 12.1. The Morgan fingerprint density at radius 1 is 1.18 bits per heavy atom. The van der Waals surface area contributed by atoms with Crippen molar-refractivity contribution in [1.29, 1.82) is 0 Å². The van der Waals surface area contributed by atoms with Crippen LogP contribution in [0, 0.1) is 3.95 Å². The molecule has 1 aromatic carbocycles. The first-order valence-electron chi connectivity index (χ1n) is 6.93. The van der Waals surface area contributed by atoms with Gasteiger partial charge in [0.05, 0.1) is 10.4 Å². The Bertz CT molecular complexity index is 1100. The van der Waals surface area contributed by atoms with Crippen molar-refractivity contribution in [2.75, 3.05) is 0 Å². The smallest absolute Gasteiger partial charge is 0.271 e. The fourth-order valence-electron chi connectivity index (χ4n) is 2.75. The lowest BCUT2D eigenvalue weighted by molar-refractivity contribution is 0.749. The van der Waals surface area contributed by atoms with Gasteiger partial charge in [0, 0.05) is 6.54 Å². The van der Waals surface area contributed by atoms with Crippen molar-refractivity contribution >= 4 is 50.8 Å². The lowest BCUT2D eigenvalue weighted by Gasteiger charge is -2.09. The van der Waals surface area contributed by atoms with Crippen LogP contribution in [0.2, 0.25) is 0 Å². The minimum Gasteiger partial charge on any atom is -0.292 e. The van der Waals surface area contributed by atoms with E-state index in [0.29, 0.717) is 6.54 Å². The lowest BCUT2D eigenvalue weighted by atomic mass is 10.2. The topological polar surface area (TPSA) is 26.4 Å². The first kappa shape index (κ1) is 13.9. The minimum atomic E-state index is 0.0671.